The number of carbonyl (C=O) groups is 1. The summed E-state index contributed by atoms with van der Waals surface area (Å²) in [6.45, 7) is 3.92. The number of hydrogen-bond acceptors (Lipinski definition) is 2. The van der Waals surface area contributed by atoms with Crippen molar-refractivity contribution in [2.45, 2.75) is 20.3 Å². The van der Waals surface area contributed by atoms with Gasteiger partial charge < -0.3 is 10.1 Å². The highest BCUT2D eigenvalue weighted by Gasteiger charge is 2.09. The molecule has 0 aliphatic carbocycles. The van der Waals surface area contributed by atoms with Gasteiger partial charge in [-0.1, -0.05) is 0 Å². The smallest absolute Gasteiger partial charge is 0.166 e. The molecule has 0 atom stereocenters. The Balaban J connectivity index is 3.09. The van der Waals surface area contributed by atoms with E-state index >= 15 is 0 Å². The molecule has 0 aromatic carbocycles. The first-order chi connectivity index (χ1) is 5.70. The lowest BCUT2D eigenvalue weighted by molar-refractivity contribution is 0.111. The maximum Gasteiger partial charge on any atom is 0.166 e. The molecule has 1 heterocycles. The van der Waals surface area contributed by atoms with Gasteiger partial charge in [-0.05, 0) is 31.4 Å². The molecule has 0 fully saturated rings. The van der Waals surface area contributed by atoms with Crippen LogP contribution in [0.5, 0.6) is 0 Å². The number of carbonyl (C=O) groups excluding carboxylic acids is 1. The molecular formula is C9H13NO2. The van der Waals surface area contributed by atoms with Gasteiger partial charge >= 0.3 is 0 Å². The number of aromatic amines is 1. The van der Waals surface area contributed by atoms with Crippen molar-refractivity contribution >= 4 is 6.29 Å². The van der Waals surface area contributed by atoms with Crippen LogP contribution < -0.4 is 0 Å². The lowest BCUT2D eigenvalue weighted by Crippen LogP contribution is -1.93. The van der Waals surface area contributed by atoms with Crippen LogP contribution in [-0.2, 0) is 6.42 Å². The number of aldehydes is 1. The standard InChI is InChI=1S/C9H13NO2/c1-6-8(3-4-11)7(2)10-9(6)5-12/h5,10-11H,3-4H2,1-2H3. The van der Waals surface area contributed by atoms with Crippen LogP contribution in [0, 0.1) is 13.8 Å². The Labute approximate surface area is 71.4 Å². The highest BCUT2D eigenvalue weighted by molar-refractivity contribution is 5.75. The summed E-state index contributed by atoms with van der Waals surface area (Å²) in [7, 11) is 0. The summed E-state index contributed by atoms with van der Waals surface area (Å²) in [4.78, 5) is 13.5. The Kier molecular flexibility index (Phi) is 2.65. The van der Waals surface area contributed by atoms with Crippen molar-refractivity contribution in [1.82, 2.24) is 4.98 Å². The summed E-state index contributed by atoms with van der Waals surface area (Å²) >= 11 is 0. The number of rotatable bonds is 3. The first-order valence-electron chi connectivity index (χ1n) is 3.94. The molecule has 0 saturated carbocycles. The third-order valence-corrected chi connectivity index (χ3v) is 2.11. The van der Waals surface area contributed by atoms with E-state index in [2.05, 4.69) is 4.98 Å². The van der Waals surface area contributed by atoms with Crippen LogP contribution >= 0.6 is 0 Å². The molecule has 3 heteroatoms. The van der Waals surface area contributed by atoms with Gasteiger partial charge in [-0.15, -0.1) is 0 Å². The van der Waals surface area contributed by atoms with E-state index in [9.17, 15) is 4.79 Å². The third-order valence-electron chi connectivity index (χ3n) is 2.11. The first-order valence-corrected chi connectivity index (χ1v) is 3.94. The Morgan fingerprint density at radius 2 is 2.17 bits per heavy atom. The molecule has 66 valence electrons. The third kappa shape index (κ3) is 1.41. The van der Waals surface area contributed by atoms with Gasteiger partial charge in [0.2, 0.25) is 0 Å². The van der Waals surface area contributed by atoms with E-state index in [1.807, 2.05) is 13.8 Å². The Morgan fingerprint density at radius 3 is 2.58 bits per heavy atom. The molecule has 1 aromatic heterocycles. The summed E-state index contributed by atoms with van der Waals surface area (Å²) in [6.07, 6.45) is 1.42. The van der Waals surface area contributed by atoms with Gasteiger partial charge in [-0.3, -0.25) is 4.79 Å². The average Bonchev–Trinajstić information content (AvgIpc) is 2.32. The van der Waals surface area contributed by atoms with Crippen LogP contribution in [0.15, 0.2) is 0 Å². The van der Waals surface area contributed by atoms with Crippen molar-refractivity contribution in [3.05, 3.63) is 22.5 Å². The van der Waals surface area contributed by atoms with Crippen LogP contribution in [0.2, 0.25) is 0 Å². The van der Waals surface area contributed by atoms with E-state index in [0.717, 1.165) is 23.1 Å². The number of aliphatic hydroxyl groups excluding tert-OH is 1. The number of H-pyrrole nitrogens is 1. The van der Waals surface area contributed by atoms with Crippen LogP contribution in [0.25, 0.3) is 0 Å². The topological polar surface area (TPSA) is 53.1 Å². The minimum Gasteiger partial charge on any atom is -0.396 e. The van der Waals surface area contributed by atoms with Crippen LogP contribution in [0.1, 0.15) is 27.3 Å². The number of nitrogens with one attached hydrogen (secondary N) is 1. The Hall–Kier alpha value is -1.09. The minimum absolute atomic E-state index is 0.123. The molecule has 0 amide bonds. The highest BCUT2D eigenvalue weighted by Crippen LogP contribution is 2.16. The molecular weight excluding hydrogens is 154 g/mol. The molecule has 1 aromatic rings. The molecule has 0 radical (unpaired) electrons. The van der Waals surface area contributed by atoms with Gasteiger partial charge in [0.1, 0.15) is 0 Å². The molecule has 0 unspecified atom stereocenters. The second-order valence-electron chi connectivity index (χ2n) is 2.86. The maximum atomic E-state index is 10.5. The van der Waals surface area contributed by atoms with Gasteiger partial charge in [0.15, 0.2) is 6.29 Å². The van der Waals surface area contributed by atoms with Gasteiger partial charge in [0, 0.05) is 12.3 Å². The summed E-state index contributed by atoms with van der Waals surface area (Å²) in [6, 6.07) is 0. The lowest BCUT2D eigenvalue weighted by atomic mass is 10.1. The molecule has 3 nitrogen and oxygen atoms in total. The normalized spacial score (nSPS) is 10.2. The Morgan fingerprint density at radius 1 is 1.50 bits per heavy atom. The fourth-order valence-electron chi connectivity index (χ4n) is 1.42. The summed E-state index contributed by atoms with van der Waals surface area (Å²) in [5.74, 6) is 0. The van der Waals surface area contributed by atoms with Crippen molar-refractivity contribution in [1.29, 1.82) is 0 Å². The molecule has 12 heavy (non-hydrogen) atoms. The monoisotopic (exact) mass is 167 g/mol. The van der Waals surface area contributed by atoms with Gasteiger partial charge in [-0.25, -0.2) is 0 Å². The second-order valence-corrected chi connectivity index (χ2v) is 2.86. The van der Waals surface area contributed by atoms with E-state index in [4.69, 9.17) is 5.11 Å². The molecule has 0 saturated heterocycles. The van der Waals surface area contributed by atoms with E-state index in [1.54, 1.807) is 0 Å². The zero-order valence-electron chi connectivity index (χ0n) is 7.35. The fourth-order valence-corrected chi connectivity index (χ4v) is 1.42. The average molecular weight is 167 g/mol. The van der Waals surface area contributed by atoms with Gasteiger partial charge in [-0.2, -0.15) is 0 Å². The molecule has 0 aliphatic heterocycles. The molecule has 0 spiro atoms. The van der Waals surface area contributed by atoms with E-state index < -0.39 is 0 Å². The van der Waals surface area contributed by atoms with Crippen molar-refractivity contribution in [3.8, 4) is 0 Å². The van der Waals surface area contributed by atoms with Crippen molar-refractivity contribution in [2.24, 2.45) is 0 Å². The van der Waals surface area contributed by atoms with Gasteiger partial charge in [0.25, 0.3) is 0 Å². The van der Waals surface area contributed by atoms with E-state index in [-0.39, 0.29) is 6.61 Å². The van der Waals surface area contributed by atoms with Crippen molar-refractivity contribution in [3.63, 3.8) is 0 Å². The predicted octanol–water partition coefficient (Wildman–Crippen LogP) is 0.979. The molecule has 2 N–H and O–H groups in total. The number of aromatic nitrogens is 1. The fraction of sp³-hybridized carbons (Fsp3) is 0.444. The predicted molar refractivity (Wildman–Crippen MR) is 46.4 cm³/mol. The summed E-state index contributed by atoms with van der Waals surface area (Å²) in [5, 5.41) is 8.75. The minimum atomic E-state index is 0.123. The zero-order chi connectivity index (χ0) is 9.14. The van der Waals surface area contributed by atoms with Crippen molar-refractivity contribution < 1.29 is 9.90 Å². The first kappa shape index (κ1) is 9.00. The van der Waals surface area contributed by atoms with Gasteiger partial charge in [0.05, 0.1) is 5.69 Å². The van der Waals surface area contributed by atoms with Crippen LogP contribution in [0.3, 0.4) is 0 Å². The number of aliphatic hydroxyl groups is 1. The number of hydrogen-bond donors (Lipinski definition) is 2. The second kappa shape index (κ2) is 3.54. The number of aryl methyl sites for hydroxylation is 1. The zero-order valence-corrected chi connectivity index (χ0v) is 7.35. The van der Waals surface area contributed by atoms with Crippen LogP contribution in [0.4, 0.5) is 0 Å². The lowest BCUT2D eigenvalue weighted by Gasteiger charge is -1.97. The summed E-state index contributed by atoms with van der Waals surface area (Å²) < 4.78 is 0. The van der Waals surface area contributed by atoms with Crippen molar-refractivity contribution in [2.75, 3.05) is 6.61 Å². The highest BCUT2D eigenvalue weighted by atomic mass is 16.2. The Bertz CT molecular complexity index is 289. The summed E-state index contributed by atoms with van der Waals surface area (Å²) in [5.41, 5.74) is 3.61. The quantitative estimate of drug-likeness (QED) is 0.659. The molecule has 0 aliphatic rings. The SMILES string of the molecule is Cc1[nH]c(C=O)c(C)c1CCO. The van der Waals surface area contributed by atoms with Crippen LogP contribution in [-0.4, -0.2) is 23.0 Å². The molecule has 1 rings (SSSR count). The van der Waals surface area contributed by atoms with E-state index in [1.165, 1.54) is 0 Å². The van der Waals surface area contributed by atoms with E-state index in [0.29, 0.717) is 12.1 Å². The maximum absolute atomic E-state index is 10.5. The molecule has 0 bridgehead atoms. The largest absolute Gasteiger partial charge is 0.396 e.